The lowest BCUT2D eigenvalue weighted by Gasteiger charge is -2.24. The third kappa shape index (κ3) is 6.90. The number of carbonyl (C=O) groups excluding carboxylic acids is 1. The normalized spacial score (nSPS) is 15.4. The number of aliphatic imine (C=N–C) groups is 1. The number of likely N-dealkylation sites (N-methyl/N-ethyl adjacent to an activating group) is 2. The molecule has 2 N–H and O–H groups in total. The Balaban J connectivity index is 0.944. The number of nitrogens with zero attached hydrogens (tertiary/aromatic N) is 8. The highest BCUT2D eigenvalue weighted by Crippen LogP contribution is 2.28. The molecule has 0 spiro atoms. The van der Waals surface area contributed by atoms with Gasteiger partial charge in [-0.25, -0.2) is 30.3 Å². The first-order valence-electron chi connectivity index (χ1n) is 15.7. The van der Waals surface area contributed by atoms with Crippen LogP contribution in [0, 0.1) is 0 Å². The number of hydrogen-bond donors (Lipinski definition) is 2. The van der Waals surface area contributed by atoms with Crippen LogP contribution in [0.1, 0.15) is 40.7 Å². The van der Waals surface area contributed by atoms with E-state index in [1.807, 2.05) is 54.1 Å². The van der Waals surface area contributed by atoms with E-state index >= 15 is 0 Å². The summed E-state index contributed by atoms with van der Waals surface area (Å²) in [5.41, 5.74) is 9.73. The molecular formula is C34H36N10O3. The van der Waals surface area contributed by atoms with Crippen LogP contribution >= 0.6 is 0 Å². The molecule has 1 amide bonds. The van der Waals surface area contributed by atoms with Crippen molar-refractivity contribution in [2.75, 3.05) is 48.9 Å². The summed E-state index contributed by atoms with van der Waals surface area (Å²) in [5, 5.41) is 3.47. The van der Waals surface area contributed by atoms with E-state index in [0.717, 1.165) is 59.7 Å². The second-order valence-electron chi connectivity index (χ2n) is 11.6. The number of imidazole rings is 1. The molecule has 3 aromatic heterocycles. The van der Waals surface area contributed by atoms with E-state index in [9.17, 15) is 4.79 Å². The molecule has 1 atom stereocenters. The predicted octanol–water partition coefficient (Wildman–Crippen LogP) is 4.62. The standard InChI is InChI=1S/C34H36N10O3/c1-42(14-15-43(2)34-37-20-26(21-38-34)33(45)41-47-30-5-3-4-16-46-30)28-10-8-27(9-11-28)39-31-32-36-12-13-44(32)22-29(40-31)23-6-7-24-18-35-19-25(24)17-23/h6-13,17-18,20-22,30H,3-5,14-16,19H2,1-2H3,(H,39,40)(H,41,45). The maximum atomic E-state index is 12.4. The van der Waals surface area contributed by atoms with Crippen molar-refractivity contribution >= 4 is 40.9 Å². The molecule has 13 nitrogen and oxygen atoms in total. The number of aromatic nitrogens is 5. The molecule has 2 aliphatic heterocycles. The van der Waals surface area contributed by atoms with Crippen LogP contribution in [0.15, 0.2) is 78.4 Å². The van der Waals surface area contributed by atoms with E-state index in [1.165, 1.54) is 18.0 Å². The third-order valence-corrected chi connectivity index (χ3v) is 8.31. The average molecular weight is 633 g/mol. The van der Waals surface area contributed by atoms with Crippen LogP contribution < -0.4 is 20.6 Å². The second-order valence-corrected chi connectivity index (χ2v) is 11.6. The number of anilines is 4. The number of fused-ring (bicyclic) bond motifs is 2. The number of amides is 1. The zero-order valence-corrected chi connectivity index (χ0v) is 26.3. The van der Waals surface area contributed by atoms with Crippen LogP contribution in [-0.2, 0) is 16.1 Å². The highest BCUT2D eigenvalue weighted by atomic mass is 16.8. The van der Waals surface area contributed by atoms with Gasteiger partial charge in [0.15, 0.2) is 17.8 Å². The van der Waals surface area contributed by atoms with Crippen LogP contribution in [0.4, 0.5) is 23.1 Å². The lowest BCUT2D eigenvalue weighted by Crippen LogP contribution is -2.33. The lowest BCUT2D eigenvalue weighted by atomic mass is 10.0. The molecule has 2 aromatic carbocycles. The van der Waals surface area contributed by atoms with Crippen molar-refractivity contribution in [1.29, 1.82) is 0 Å². The third-order valence-electron chi connectivity index (χ3n) is 8.31. The van der Waals surface area contributed by atoms with E-state index < -0.39 is 12.2 Å². The molecule has 0 bridgehead atoms. The fraction of sp³-hybridized carbons (Fsp3) is 0.294. The number of hydrogen-bond acceptors (Lipinski definition) is 11. The van der Waals surface area contributed by atoms with Crippen molar-refractivity contribution in [3.8, 4) is 11.3 Å². The quantitative estimate of drug-likeness (QED) is 0.199. The molecule has 0 aliphatic carbocycles. The van der Waals surface area contributed by atoms with Gasteiger partial charge in [0.05, 0.1) is 17.8 Å². The highest BCUT2D eigenvalue weighted by Gasteiger charge is 2.17. The van der Waals surface area contributed by atoms with Gasteiger partial charge in [-0.3, -0.25) is 9.79 Å². The van der Waals surface area contributed by atoms with Crippen molar-refractivity contribution in [2.45, 2.75) is 32.1 Å². The Morgan fingerprint density at radius 1 is 1.04 bits per heavy atom. The summed E-state index contributed by atoms with van der Waals surface area (Å²) in [7, 11) is 3.97. The van der Waals surface area contributed by atoms with Crippen molar-refractivity contribution in [3.63, 3.8) is 0 Å². The number of nitrogens with one attached hydrogen (secondary N) is 2. The van der Waals surface area contributed by atoms with Gasteiger partial charge in [0.1, 0.15) is 0 Å². The monoisotopic (exact) mass is 632 g/mol. The molecule has 1 saturated heterocycles. The van der Waals surface area contributed by atoms with Crippen LogP contribution in [-0.4, -0.2) is 76.5 Å². The van der Waals surface area contributed by atoms with Gasteiger partial charge < -0.3 is 24.3 Å². The highest BCUT2D eigenvalue weighted by molar-refractivity contribution is 5.92. The minimum atomic E-state index is -0.414. The largest absolute Gasteiger partial charge is 0.373 e. The first kappa shape index (κ1) is 30.3. The van der Waals surface area contributed by atoms with Crippen molar-refractivity contribution < 1.29 is 14.4 Å². The number of rotatable bonds is 11. The van der Waals surface area contributed by atoms with E-state index in [2.05, 4.69) is 66.0 Å². The van der Waals surface area contributed by atoms with E-state index in [-0.39, 0.29) is 0 Å². The number of ether oxygens (including phenoxy) is 1. The Hall–Kier alpha value is -5.40. The van der Waals surface area contributed by atoms with Crippen molar-refractivity contribution in [2.24, 2.45) is 4.99 Å². The van der Waals surface area contributed by atoms with Gasteiger partial charge in [-0.1, -0.05) is 12.1 Å². The Morgan fingerprint density at radius 2 is 1.87 bits per heavy atom. The molecular weight excluding hydrogens is 596 g/mol. The summed E-state index contributed by atoms with van der Waals surface area (Å²) in [6.45, 7) is 2.74. The number of benzene rings is 2. The zero-order chi connectivity index (χ0) is 32.2. The summed E-state index contributed by atoms with van der Waals surface area (Å²) in [6.07, 6.45) is 13.0. The molecule has 0 saturated carbocycles. The summed E-state index contributed by atoms with van der Waals surface area (Å²) < 4.78 is 7.46. The minimum absolute atomic E-state index is 0.317. The van der Waals surface area contributed by atoms with Gasteiger partial charge in [0, 0.05) is 94.3 Å². The Kier molecular flexibility index (Phi) is 8.71. The van der Waals surface area contributed by atoms with Gasteiger partial charge in [0.2, 0.25) is 5.95 Å². The van der Waals surface area contributed by atoms with Gasteiger partial charge in [0.25, 0.3) is 5.91 Å². The van der Waals surface area contributed by atoms with Crippen molar-refractivity contribution in [1.82, 2.24) is 29.8 Å². The van der Waals surface area contributed by atoms with Crippen molar-refractivity contribution in [3.05, 3.63) is 90.1 Å². The second kappa shape index (κ2) is 13.5. The topological polar surface area (TPSA) is 134 Å². The predicted molar refractivity (Wildman–Crippen MR) is 180 cm³/mol. The van der Waals surface area contributed by atoms with Crippen LogP contribution in [0.3, 0.4) is 0 Å². The SMILES string of the molecule is CN(CCN(C)c1ncc(C(=O)NOC2CCCCO2)cn1)c1ccc(Nc2nc(-c3ccc4c(c3)CN=C4)cn3ccnc23)cc1. The average Bonchev–Trinajstić information content (AvgIpc) is 3.80. The van der Waals surface area contributed by atoms with Crippen LogP contribution in [0.5, 0.6) is 0 Å². The first-order valence-corrected chi connectivity index (χ1v) is 15.7. The molecule has 0 radical (unpaired) electrons. The first-order chi connectivity index (χ1) is 23.0. The fourth-order valence-corrected chi connectivity index (χ4v) is 5.51. The lowest BCUT2D eigenvalue weighted by molar-refractivity contribution is -0.186. The number of hydroxylamine groups is 1. The molecule has 13 heteroatoms. The Labute approximate surface area is 272 Å². The summed E-state index contributed by atoms with van der Waals surface area (Å²) >= 11 is 0. The molecule has 5 heterocycles. The van der Waals surface area contributed by atoms with E-state index in [1.54, 1.807) is 6.20 Å². The number of carbonyl (C=O) groups is 1. The molecule has 47 heavy (non-hydrogen) atoms. The van der Waals surface area contributed by atoms with Gasteiger partial charge in [-0.2, -0.15) is 0 Å². The van der Waals surface area contributed by atoms with Gasteiger partial charge in [-0.15, -0.1) is 0 Å². The molecule has 1 unspecified atom stereocenters. The smallest absolute Gasteiger partial charge is 0.278 e. The van der Waals surface area contributed by atoms with Gasteiger partial charge >= 0.3 is 0 Å². The fourth-order valence-electron chi connectivity index (χ4n) is 5.51. The Bertz CT molecular complexity index is 1890. The zero-order valence-electron chi connectivity index (χ0n) is 26.3. The molecule has 7 rings (SSSR count). The maximum Gasteiger partial charge on any atom is 0.278 e. The Morgan fingerprint density at radius 3 is 2.68 bits per heavy atom. The minimum Gasteiger partial charge on any atom is -0.373 e. The molecule has 2 aliphatic rings. The molecule has 240 valence electrons. The summed E-state index contributed by atoms with van der Waals surface area (Å²) in [5.74, 6) is 0.805. The maximum absolute atomic E-state index is 12.4. The van der Waals surface area contributed by atoms with E-state index in [0.29, 0.717) is 37.0 Å². The summed E-state index contributed by atoms with van der Waals surface area (Å²) in [4.78, 5) is 44.5. The van der Waals surface area contributed by atoms with Crippen LogP contribution in [0.2, 0.25) is 0 Å². The molecule has 1 fully saturated rings. The van der Waals surface area contributed by atoms with E-state index in [4.69, 9.17) is 14.6 Å². The van der Waals surface area contributed by atoms with Crippen LogP contribution in [0.25, 0.3) is 16.9 Å². The molecule has 5 aromatic rings. The summed E-state index contributed by atoms with van der Waals surface area (Å²) in [6, 6.07) is 14.5. The van der Waals surface area contributed by atoms with Gasteiger partial charge in [-0.05, 0) is 54.3 Å².